The van der Waals surface area contributed by atoms with Crippen molar-refractivity contribution in [2.75, 3.05) is 12.0 Å². The lowest BCUT2D eigenvalue weighted by Gasteiger charge is -2.35. The van der Waals surface area contributed by atoms with Crippen LogP contribution >= 0.6 is 11.8 Å². The third-order valence-corrected chi connectivity index (χ3v) is 3.40. The van der Waals surface area contributed by atoms with Crippen LogP contribution in [-0.4, -0.2) is 24.5 Å². The Balaban J connectivity index is 1.96. The zero-order valence-electron chi connectivity index (χ0n) is 8.85. The highest BCUT2D eigenvalue weighted by atomic mass is 32.2. The van der Waals surface area contributed by atoms with E-state index >= 15 is 0 Å². The van der Waals surface area contributed by atoms with Crippen molar-refractivity contribution >= 4 is 11.8 Å². The van der Waals surface area contributed by atoms with Crippen LogP contribution in [0.15, 0.2) is 0 Å². The highest BCUT2D eigenvalue weighted by Crippen LogP contribution is 2.37. The van der Waals surface area contributed by atoms with E-state index in [1.165, 1.54) is 6.42 Å². The minimum Gasteiger partial charge on any atom is -0.289 e. The minimum absolute atomic E-state index is 0.458. The van der Waals surface area contributed by atoms with E-state index in [0.29, 0.717) is 18.8 Å². The molecule has 1 saturated carbocycles. The maximum Gasteiger partial charge on any atom is 0.522 e. The van der Waals surface area contributed by atoms with Crippen LogP contribution in [0.25, 0.3) is 0 Å². The molecular formula is C10H17F3OS. The van der Waals surface area contributed by atoms with Crippen molar-refractivity contribution in [2.24, 2.45) is 5.92 Å². The maximum absolute atomic E-state index is 11.8. The van der Waals surface area contributed by atoms with Crippen LogP contribution < -0.4 is 0 Å². The standard InChI is InChI=1S/C10H17F3OS/c1-15-5-3-2-4-8-6-9(7-8)14-10(11,12)13/h8-9H,2-7H2,1H3/t8-,9-. The van der Waals surface area contributed by atoms with Gasteiger partial charge in [0.15, 0.2) is 0 Å². The van der Waals surface area contributed by atoms with Crippen LogP contribution in [0, 0.1) is 5.92 Å². The molecule has 0 aromatic carbocycles. The molecule has 0 N–H and O–H groups in total. The van der Waals surface area contributed by atoms with Gasteiger partial charge in [0.2, 0.25) is 0 Å². The Morgan fingerprint density at radius 2 is 1.93 bits per heavy atom. The highest BCUT2D eigenvalue weighted by molar-refractivity contribution is 7.98. The lowest BCUT2D eigenvalue weighted by atomic mass is 9.79. The molecule has 90 valence electrons. The second-order valence-corrected chi connectivity index (χ2v) is 5.00. The van der Waals surface area contributed by atoms with Gasteiger partial charge in [-0.1, -0.05) is 12.8 Å². The summed E-state index contributed by atoms with van der Waals surface area (Å²) in [7, 11) is 0. The van der Waals surface area contributed by atoms with Gasteiger partial charge in [-0.3, -0.25) is 4.74 Å². The molecule has 1 aliphatic rings. The Morgan fingerprint density at radius 3 is 2.47 bits per heavy atom. The van der Waals surface area contributed by atoms with Crippen molar-refractivity contribution < 1.29 is 17.9 Å². The SMILES string of the molecule is CSCCCC[C@H]1C[C@H](OC(F)(F)F)C1. The second kappa shape index (κ2) is 5.99. The van der Waals surface area contributed by atoms with Gasteiger partial charge < -0.3 is 0 Å². The molecule has 0 heterocycles. The van der Waals surface area contributed by atoms with Gasteiger partial charge in [-0.2, -0.15) is 11.8 Å². The third kappa shape index (κ3) is 5.66. The molecule has 15 heavy (non-hydrogen) atoms. The molecule has 1 rings (SSSR count). The first-order chi connectivity index (χ1) is 7.01. The van der Waals surface area contributed by atoms with Crippen molar-refractivity contribution in [3.8, 4) is 0 Å². The molecule has 0 aromatic heterocycles. The normalized spacial score (nSPS) is 26.4. The Kier molecular flexibility index (Phi) is 5.26. The van der Waals surface area contributed by atoms with Crippen LogP contribution in [0.3, 0.4) is 0 Å². The zero-order chi connectivity index (χ0) is 11.3. The second-order valence-electron chi connectivity index (χ2n) is 4.01. The predicted octanol–water partition coefficient (Wildman–Crippen LogP) is 3.83. The van der Waals surface area contributed by atoms with E-state index in [-0.39, 0.29) is 0 Å². The van der Waals surface area contributed by atoms with E-state index in [1.54, 1.807) is 0 Å². The summed E-state index contributed by atoms with van der Waals surface area (Å²) >= 11 is 1.81. The van der Waals surface area contributed by atoms with Crippen molar-refractivity contribution in [2.45, 2.75) is 44.6 Å². The average molecular weight is 242 g/mol. The van der Waals surface area contributed by atoms with Gasteiger partial charge in [0.25, 0.3) is 0 Å². The van der Waals surface area contributed by atoms with E-state index in [2.05, 4.69) is 11.0 Å². The summed E-state index contributed by atoms with van der Waals surface area (Å²) in [6.07, 6.45) is 1.56. The van der Waals surface area contributed by atoms with Gasteiger partial charge in [0, 0.05) is 0 Å². The first kappa shape index (κ1) is 13.2. The predicted molar refractivity (Wildman–Crippen MR) is 55.9 cm³/mol. The highest BCUT2D eigenvalue weighted by Gasteiger charge is 2.39. The molecule has 0 saturated heterocycles. The van der Waals surface area contributed by atoms with E-state index in [9.17, 15) is 13.2 Å². The molecule has 0 amide bonds. The largest absolute Gasteiger partial charge is 0.522 e. The lowest BCUT2D eigenvalue weighted by Crippen LogP contribution is -2.35. The Bertz CT molecular complexity index is 178. The van der Waals surface area contributed by atoms with Crippen LogP contribution in [-0.2, 0) is 4.74 Å². The van der Waals surface area contributed by atoms with Gasteiger partial charge in [-0.25, -0.2) is 0 Å². The molecular weight excluding hydrogens is 225 g/mol. The van der Waals surface area contributed by atoms with Crippen LogP contribution in [0.4, 0.5) is 13.2 Å². The number of ether oxygens (including phenoxy) is 1. The summed E-state index contributed by atoms with van der Waals surface area (Å²) in [5.74, 6) is 1.61. The Labute approximate surface area is 92.8 Å². The first-order valence-corrected chi connectivity index (χ1v) is 6.64. The summed E-state index contributed by atoms with van der Waals surface area (Å²) in [6, 6.07) is 0. The fourth-order valence-electron chi connectivity index (χ4n) is 1.87. The lowest BCUT2D eigenvalue weighted by molar-refractivity contribution is -0.354. The number of rotatable bonds is 6. The van der Waals surface area contributed by atoms with Crippen molar-refractivity contribution in [1.29, 1.82) is 0 Å². The molecule has 0 aliphatic heterocycles. The molecule has 0 unspecified atom stereocenters. The number of hydrogen-bond acceptors (Lipinski definition) is 2. The molecule has 1 fully saturated rings. The van der Waals surface area contributed by atoms with Crippen LogP contribution in [0.5, 0.6) is 0 Å². The molecule has 1 aliphatic carbocycles. The fourth-order valence-corrected chi connectivity index (χ4v) is 2.37. The number of thioether (sulfide) groups is 1. The Hall–Kier alpha value is 0.100. The monoisotopic (exact) mass is 242 g/mol. The van der Waals surface area contributed by atoms with E-state index in [1.807, 2.05) is 11.8 Å². The maximum atomic E-state index is 11.8. The summed E-state index contributed by atoms with van der Waals surface area (Å²) in [4.78, 5) is 0. The quantitative estimate of drug-likeness (QED) is 0.654. The zero-order valence-corrected chi connectivity index (χ0v) is 9.66. The van der Waals surface area contributed by atoms with Crippen molar-refractivity contribution in [3.63, 3.8) is 0 Å². The van der Waals surface area contributed by atoms with Gasteiger partial charge >= 0.3 is 6.36 Å². The first-order valence-electron chi connectivity index (χ1n) is 5.24. The average Bonchev–Trinajstić information content (AvgIpc) is 2.05. The molecule has 0 atom stereocenters. The summed E-state index contributed by atoms with van der Waals surface area (Å²) < 4.78 is 39.3. The van der Waals surface area contributed by atoms with Gasteiger partial charge in [-0.05, 0) is 37.2 Å². The topological polar surface area (TPSA) is 9.23 Å². The van der Waals surface area contributed by atoms with E-state index < -0.39 is 12.5 Å². The van der Waals surface area contributed by atoms with Crippen LogP contribution in [0.1, 0.15) is 32.1 Å². The molecule has 0 radical (unpaired) electrons. The van der Waals surface area contributed by atoms with Crippen molar-refractivity contribution in [3.05, 3.63) is 0 Å². The molecule has 5 heteroatoms. The summed E-state index contributed by atoms with van der Waals surface area (Å²) in [6.45, 7) is 0. The Morgan fingerprint density at radius 1 is 1.27 bits per heavy atom. The third-order valence-electron chi connectivity index (χ3n) is 2.70. The minimum atomic E-state index is -4.45. The molecule has 0 bridgehead atoms. The van der Waals surface area contributed by atoms with Crippen LogP contribution in [0.2, 0.25) is 0 Å². The number of halogens is 3. The smallest absolute Gasteiger partial charge is 0.289 e. The van der Waals surface area contributed by atoms with Gasteiger partial charge in [0.1, 0.15) is 0 Å². The molecule has 0 spiro atoms. The molecule has 0 aromatic rings. The fraction of sp³-hybridized carbons (Fsp3) is 1.00. The van der Waals surface area contributed by atoms with Crippen molar-refractivity contribution in [1.82, 2.24) is 0 Å². The number of unbranched alkanes of at least 4 members (excludes halogenated alkanes) is 1. The number of hydrogen-bond donors (Lipinski definition) is 0. The summed E-state index contributed by atoms with van der Waals surface area (Å²) in [5.41, 5.74) is 0. The van der Waals surface area contributed by atoms with Gasteiger partial charge in [-0.15, -0.1) is 13.2 Å². The summed E-state index contributed by atoms with van der Waals surface area (Å²) in [5, 5.41) is 0. The number of alkyl halides is 3. The van der Waals surface area contributed by atoms with Gasteiger partial charge in [0.05, 0.1) is 6.10 Å². The van der Waals surface area contributed by atoms with E-state index in [4.69, 9.17) is 0 Å². The molecule has 1 nitrogen and oxygen atoms in total. The van der Waals surface area contributed by atoms with E-state index in [0.717, 1.165) is 18.6 Å².